The Morgan fingerprint density at radius 1 is 1.44 bits per heavy atom. The van der Waals surface area contributed by atoms with Gasteiger partial charge in [0.15, 0.2) is 11.1 Å². The van der Waals surface area contributed by atoms with Gasteiger partial charge in [0.1, 0.15) is 0 Å². The fourth-order valence-corrected chi connectivity index (χ4v) is 1.11. The molecule has 0 spiro atoms. The van der Waals surface area contributed by atoms with Gasteiger partial charge in [0.05, 0.1) is 5.75 Å². The van der Waals surface area contributed by atoms with E-state index in [0.717, 1.165) is 0 Å². The highest BCUT2D eigenvalue weighted by Gasteiger charge is 2.06. The molecule has 5 heteroatoms. The molecule has 0 aromatic heterocycles. The van der Waals surface area contributed by atoms with Gasteiger partial charge in [0.25, 0.3) is 0 Å². The zero-order valence-electron chi connectivity index (χ0n) is 5.12. The Bertz CT molecular complexity index is 94.6. The summed E-state index contributed by atoms with van der Waals surface area (Å²) in [6.45, 7) is 0.756. The highest BCUT2D eigenvalue weighted by molar-refractivity contribution is 7.79. The predicted molar refractivity (Wildman–Crippen MR) is 37.2 cm³/mol. The van der Waals surface area contributed by atoms with Crippen molar-refractivity contribution in [1.29, 1.82) is 0 Å². The highest BCUT2D eigenvalue weighted by atomic mass is 32.2. The van der Waals surface area contributed by atoms with Crippen molar-refractivity contribution in [2.75, 3.05) is 18.8 Å². The van der Waals surface area contributed by atoms with Crippen molar-refractivity contribution in [1.82, 2.24) is 0 Å². The molecule has 4 nitrogen and oxygen atoms in total. The van der Waals surface area contributed by atoms with Crippen molar-refractivity contribution in [3.63, 3.8) is 0 Å². The Morgan fingerprint density at radius 2 is 1.89 bits per heavy atom. The van der Waals surface area contributed by atoms with Crippen LogP contribution in [-0.4, -0.2) is 27.6 Å². The van der Waals surface area contributed by atoms with Gasteiger partial charge in [0.2, 0.25) is 0 Å². The summed E-state index contributed by atoms with van der Waals surface area (Å²) in [6, 6.07) is 0. The van der Waals surface area contributed by atoms with Crippen molar-refractivity contribution in [3.05, 3.63) is 0 Å². The average molecular weight is 152 g/mol. The maximum Gasteiger partial charge on any atom is 0.153 e. The van der Waals surface area contributed by atoms with E-state index < -0.39 is 11.1 Å². The first-order valence-electron chi connectivity index (χ1n) is 2.68. The average Bonchev–Trinajstić information content (AvgIpc) is 1.82. The monoisotopic (exact) mass is 152 g/mol. The lowest BCUT2D eigenvalue weighted by Gasteiger charge is -2.06. The first-order chi connectivity index (χ1) is 4.20. The molecular formula is C4H12N2O2S. The van der Waals surface area contributed by atoms with Crippen molar-refractivity contribution in [2.45, 2.75) is 0 Å². The molecule has 0 heterocycles. The van der Waals surface area contributed by atoms with E-state index in [4.69, 9.17) is 16.0 Å². The van der Waals surface area contributed by atoms with Crippen LogP contribution in [0.5, 0.6) is 0 Å². The Morgan fingerprint density at radius 3 is 2.00 bits per heavy atom. The van der Waals surface area contributed by atoms with E-state index in [2.05, 4.69) is 0 Å². The summed E-state index contributed by atoms with van der Waals surface area (Å²) in [5, 5.41) is 0. The van der Waals surface area contributed by atoms with Crippen LogP contribution in [0.3, 0.4) is 0 Å². The Balaban J connectivity index is 3.43. The molecule has 5 N–H and O–H groups in total. The zero-order chi connectivity index (χ0) is 7.28. The van der Waals surface area contributed by atoms with Crippen LogP contribution in [0.4, 0.5) is 0 Å². The Hall–Kier alpha value is 0.0300. The third-order valence-electron chi connectivity index (χ3n) is 1.04. The van der Waals surface area contributed by atoms with Crippen LogP contribution in [0, 0.1) is 5.92 Å². The molecule has 0 radical (unpaired) electrons. The second kappa shape index (κ2) is 4.87. The minimum atomic E-state index is -1.76. The van der Waals surface area contributed by atoms with Crippen LogP contribution in [0.1, 0.15) is 0 Å². The van der Waals surface area contributed by atoms with E-state index in [1.54, 1.807) is 0 Å². The van der Waals surface area contributed by atoms with E-state index in [9.17, 15) is 4.21 Å². The standard InChI is InChI=1S/C4H12N2O2S/c5-1-4(2-6)3-9(7)8/h4H,1-3,5-6H2,(H,7,8). The fourth-order valence-electron chi connectivity index (χ4n) is 0.434. The van der Waals surface area contributed by atoms with Crippen LogP contribution in [0.15, 0.2) is 0 Å². The smallest absolute Gasteiger partial charge is 0.153 e. The maximum atomic E-state index is 10.1. The van der Waals surface area contributed by atoms with Crippen molar-refractivity contribution in [2.24, 2.45) is 17.4 Å². The largest absolute Gasteiger partial charge is 0.330 e. The van der Waals surface area contributed by atoms with E-state index in [-0.39, 0.29) is 11.7 Å². The van der Waals surface area contributed by atoms with Gasteiger partial charge >= 0.3 is 0 Å². The third kappa shape index (κ3) is 4.53. The number of nitrogens with two attached hydrogens (primary N) is 2. The molecular weight excluding hydrogens is 140 g/mol. The van der Waals surface area contributed by atoms with Crippen molar-refractivity contribution >= 4 is 11.1 Å². The lowest BCUT2D eigenvalue weighted by atomic mass is 10.2. The molecule has 0 rings (SSSR count). The van der Waals surface area contributed by atoms with Crippen LogP contribution < -0.4 is 11.5 Å². The second-order valence-corrected chi connectivity index (χ2v) is 2.80. The lowest BCUT2D eigenvalue weighted by molar-refractivity contribution is 0.535. The molecule has 0 amide bonds. The van der Waals surface area contributed by atoms with Gasteiger partial charge in [-0.2, -0.15) is 0 Å². The highest BCUT2D eigenvalue weighted by Crippen LogP contribution is 1.91. The lowest BCUT2D eigenvalue weighted by Crippen LogP contribution is -2.27. The fraction of sp³-hybridized carbons (Fsp3) is 1.00. The van der Waals surface area contributed by atoms with E-state index in [1.807, 2.05) is 0 Å². The molecule has 9 heavy (non-hydrogen) atoms. The molecule has 1 unspecified atom stereocenters. The molecule has 0 saturated carbocycles. The van der Waals surface area contributed by atoms with Crippen LogP contribution >= 0.6 is 0 Å². The molecule has 1 atom stereocenters. The van der Waals surface area contributed by atoms with E-state index >= 15 is 0 Å². The molecule has 56 valence electrons. The molecule has 0 aliphatic heterocycles. The summed E-state index contributed by atoms with van der Waals surface area (Å²) in [7, 11) is 0. The normalized spacial score (nSPS) is 14.2. The number of hydrogen-bond acceptors (Lipinski definition) is 3. The second-order valence-electron chi connectivity index (χ2n) is 1.83. The van der Waals surface area contributed by atoms with Crippen LogP contribution in [0.2, 0.25) is 0 Å². The van der Waals surface area contributed by atoms with Crippen LogP contribution in [-0.2, 0) is 11.1 Å². The molecule has 0 bridgehead atoms. The quantitative estimate of drug-likeness (QED) is 0.439. The van der Waals surface area contributed by atoms with E-state index in [0.29, 0.717) is 13.1 Å². The summed E-state index contributed by atoms with van der Waals surface area (Å²) in [5.74, 6) is 0.170. The molecule has 0 aliphatic rings. The van der Waals surface area contributed by atoms with Gasteiger partial charge in [-0.05, 0) is 19.0 Å². The topological polar surface area (TPSA) is 89.3 Å². The van der Waals surface area contributed by atoms with Gasteiger partial charge < -0.3 is 16.0 Å². The zero-order valence-corrected chi connectivity index (χ0v) is 5.93. The van der Waals surface area contributed by atoms with Crippen molar-refractivity contribution < 1.29 is 8.76 Å². The van der Waals surface area contributed by atoms with Crippen LogP contribution in [0.25, 0.3) is 0 Å². The predicted octanol–water partition coefficient (Wildman–Crippen LogP) is -1.26. The molecule has 0 aromatic carbocycles. The van der Waals surface area contributed by atoms with Gasteiger partial charge in [-0.15, -0.1) is 0 Å². The van der Waals surface area contributed by atoms with Gasteiger partial charge in [-0.25, -0.2) is 4.21 Å². The third-order valence-corrected chi connectivity index (χ3v) is 1.80. The summed E-state index contributed by atoms with van der Waals surface area (Å²) in [5.41, 5.74) is 10.4. The van der Waals surface area contributed by atoms with Gasteiger partial charge in [0, 0.05) is 0 Å². The SMILES string of the molecule is NCC(CN)CS(=O)O. The molecule has 0 aromatic rings. The maximum absolute atomic E-state index is 10.1. The number of hydrogen-bond donors (Lipinski definition) is 3. The van der Waals surface area contributed by atoms with E-state index in [1.165, 1.54) is 0 Å². The minimum Gasteiger partial charge on any atom is -0.330 e. The Kier molecular flexibility index (Phi) is 4.88. The van der Waals surface area contributed by atoms with Crippen molar-refractivity contribution in [3.8, 4) is 0 Å². The van der Waals surface area contributed by atoms with Gasteiger partial charge in [-0.1, -0.05) is 0 Å². The number of rotatable bonds is 4. The van der Waals surface area contributed by atoms with Gasteiger partial charge in [-0.3, -0.25) is 0 Å². The summed E-state index contributed by atoms with van der Waals surface area (Å²) in [4.78, 5) is 0. The summed E-state index contributed by atoms with van der Waals surface area (Å²) >= 11 is -1.76. The first kappa shape index (κ1) is 9.03. The summed E-state index contributed by atoms with van der Waals surface area (Å²) < 4.78 is 18.5. The Labute approximate surface area is 56.9 Å². The first-order valence-corrected chi connectivity index (χ1v) is 3.95. The molecule has 0 fully saturated rings. The summed E-state index contributed by atoms with van der Waals surface area (Å²) in [6.07, 6.45) is 0. The molecule has 0 aliphatic carbocycles. The molecule has 0 saturated heterocycles. The minimum absolute atomic E-state index is 0.0177.